The normalized spacial score (nSPS) is 27.7. The summed E-state index contributed by atoms with van der Waals surface area (Å²) in [6, 6.07) is 16.2. The fraction of sp³-hybridized carbons (Fsp3) is 0.433. The lowest BCUT2D eigenvalue weighted by molar-refractivity contribution is -0.143. The Balaban J connectivity index is 1.47. The van der Waals surface area contributed by atoms with Crippen molar-refractivity contribution in [1.29, 1.82) is 0 Å². The molecule has 4 N–H and O–H groups in total. The highest BCUT2D eigenvalue weighted by atomic mass is 32.1. The van der Waals surface area contributed by atoms with Gasteiger partial charge in [-0.1, -0.05) is 32.0 Å². The largest absolute Gasteiger partial charge is 0.497 e. The average Bonchev–Trinajstić information content (AvgIpc) is 3.34. The molecule has 9 heteroatoms. The van der Waals surface area contributed by atoms with Gasteiger partial charge < -0.3 is 20.3 Å². The quantitative estimate of drug-likeness (QED) is 0.334. The fourth-order valence-electron chi connectivity index (χ4n) is 6.53. The number of fused-ring (bicyclic) bond motifs is 2. The van der Waals surface area contributed by atoms with Crippen LogP contribution in [0.1, 0.15) is 60.0 Å². The van der Waals surface area contributed by atoms with Crippen molar-refractivity contribution in [2.24, 2.45) is 16.7 Å². The Labute approximate surface area is 232 Å². The van der Waals surface area contributed by atoms with E-state index in [0.717, 1.165) is 16.3 Å². The van der Waals surface area contributed by atoms with E-state index < -0.39 is 11.5 Å². The molecule has 0 bridgehead atoms. The van der Waals surface area contributed by atoms with Crippen LogP contribution in [0.25, 0.3) is 0 Å². The number of ether oxygens (including phenoxy) is 1. The smallest absolute Gasteiger partial charge is 0.257 e. The first-order chi connectivity index (χ1) is 18.7. The molecule has 0 radical (unpaired) electrons. The number of rotatable bonds is 7. The fourth-order valence-corrected chi connectivity index (χ4v) is 7.59. The highest BCUT2D eigenvalue weighted by Gasteiger charge is 2.59. The predicted octanol–water partition coefficient (Wildman–Crippen LogP) is 4.85. The molecule has 2 aromatic carbocycles. The number of nitrogens with one attached hydrogen (secondary N) is 2. The maximum absolute atomic E-state index is 13.3. The number of aromatic nitrogens is 1. The summed E-state index contributed by atoms with van der Waals surface area (Å²) in [5.41, 5.74) is 0.951. The lowest BCUT2D eigenvalue weighted by Crippen LogP contribution is -2.57. The van der Waals surface area contributed by atoms with E-state index in [4.69, 9.17) is 9.72 Å². The van der Waals surface area contributed by atoms with E-state index in [1.54, 1.807) is 31.4 Å². The van der Waals surface area contributed by atoms with Crippen molar-refractivity contribution < 1.29 is 24.5 Å². The number of hydrogen-bond acceptors (Lipinski definition) is 7. The predicted molar refractivity (Wildman–Crippen MR) is 151 cm³/mol. The van der Waals surface area contributed by atoms with E-state index in [2.05, 4.69) is 17.6 Å². The minimum Gasteiger partial charge on any atom is -0.497 e. The number of hydrogen-bond donors (Lipinski definition) is 4. The van der Waals surface area contributed by atoms with Gasteiger partial charge in [0.05, 0.1) is 25.5 Å². The molecule has 1 fully saturated rings. The molecule has 5 atom stereocenters. The number of benzene rings is 2. The van der Waals surface area contributed by atoms with Gasteiger partial charge in [0, 0.05) is 33.9 Å². The van der Waals surface area contributed by atoms with Gasteiger partial charge in [0.25, 0.3) is 5.91 Å². The van der Waals surface area contributed by atoms with Crippen LogP contribution in [0.2, 0.25) is 0 Å². The van der Waals surface area contributed by atoms with Crippen molar-refractivity contribution >= 4 is 34.0 Å². The van der Waals surface area contributed by atoms with Gasteiger partial charge in [-0.25, -0.2) is 4.98 Å². The van der Waals surface area contributed by atoms with Crippen LogP contribution in [0, 0.1) is 16.7 Å². The van der Waals surface area contributed by atoms with Gasteiger partial charge in [-0.05, 0) is 67.0 Å². The molecule has 1 heterocycles. The molecule has 39 heavy (non-hydrogen) atoms. The molecule has 0 unspecified atom stereocenters. The van der Waals surface area contributed by atoms with Crippen molar-refractivity contribution in [3.05, 3.63) is 70.7 Å². The van der Waals surface area contributed by atoms with Crippen molar-refractivity contribution in [3.8, 4) is 5.75 Å². The summed E-state index contributed by atoms with van der Waals surface area (Å²) in [5.74, 6) is -0.0329. The summed E-state index contributed by atoms with van der Waals surface area (Å²) in [5, 5.41) is 27.8. The van der Waals surface area contributed by atoms with E-state index in [1.807, 2.05) is 37.3 Å². The molecule has 3 aromatic rings. The van der Waals surface area contributed by atoms with Gasteiger partial charge in [0.1, 0.15) is 5.75 Å². The van der Waals surface area contributed by atoms with Crippen molar-refractivity contribution in [3.63, 3.8) is 0 Å². The van der Waals surface area contributed by atoms with Crippen molar-refractivity contribution in [1.82, 2.24) is 4.98 Å². The summed E-state index contributed by atoms with van der Waals surface area (Å²) in [6.07, 6.45) is 1.45. The van der Waals surface area contributed by atoms with Crippen molar-refractivity contribution in [2.75, 3.05) is 24.4 Å². The third-order valence-electron chi connectivity index (χ3n) is 8.91. The first kappa shape index (κ1) is 27.3. The molecule has 5 rings (SSSR count). The van der Waals surface area contributed by atoms with Gasteiger partial charge in [0.2, 0.25) is 5.91 Å². The standard InChI is InChI=1S/C30H35N3O5S/c1-29-14-13-24(35)30(2,17-34)23(29)16-22-26(21(29)15-25(36)31-19-7-5-4-6-8-19)32-28(39-22)33-27(37)18-9-11-20(38-3)12-10-18/h4-12,21,23-24,34-35H,13-17H2,1-3H3,(H,31,36)(H,32,33,37)/t21-,23+,24-,29+,30+/m1/s1. The monoisotopic (exact) mass is 549 g/mol. The Morgan fingerprint density at radius 1 is 1.10 bits per heavy atom. The number of para-hydroxylation sites is 1. The second-order valence-electron chi connectivity index (χ2n) is 11.2. The number of methoxy groups -OCH3 is 1. The number of aliphatic hydroxyl groups excluding tert-OH is 2. The second-order valence-corrected chi connectivity index (χ2v) is 12.2. The molecule has 1 saturated carbocycles. The topological polar surface area (TPSA) is 121 Å². The number of amides is 2. The number of nitrogens with zero attached hydrogens (tertiary/aromatic N) is 1. The third kappa shape index (κ3) is 5.06. The minimum atomic E-state index is -0.713. The Morgan fingerprint density at radius 2 is 1.82 bits per heavy atom. The molecule has 0 saturated heterocycles. The third-order valence-corrected chi connectivity index (χ3v) is 9.92. The molecule has 2 amide bonds. The van der Waals surface area contributed by atoms with Gasteiger partial charge in [-0.3, -0.25) is 14.9 Å². The van der Waals surface area contributed by atoms with E-state index >= 15 is 0 Å². The molecular formula is C30H35N3O5S. The molecule has 2 aliphatic carbocycles. The van der Waals surface area contributed by atoms with Crippen LogP contribution in [-0.4, -0.2) is 46.8 Å². The van der Waals surface area contributed by atoms with E-state index in [0.29, 0.717) is 35.7 Å². The van der Waals surface area contributed by atoms with Crippen LogP contribution in [0.4, 0.5) is 10.8 Å². The van der Waals surface area contributed by atoms with Crippen LogP contribution in [0.5, 0.6) is 5.75 Å². The highest BCUT2D eigenvalue weighted by molar-refractivity contribution is 7.15. The molecule has 0 spiro atoms. The SMILES string of the molecule is COc1ccc(C(=O)Nc2nc3c(s2)C[C@@H]2[C@](C)(CO)[C@H](O)CC[C@@]2(C)[C@@H]3CC(=O)Nc2ccccc2)cc1. The summed E-state index contributed by atoms with van der Waals surface area (Å²) >= 11 is 1.40. The van der Waals surface area contributed by atoms with E-state index in [9.17, 15) is 19.8 Å². The minimum absolute atomic E-state index is 0.0636. The number of anilines is 2. The summed E-state index contributed by atoms with van der Waals surface area (Å²) in [6.45, 7) is 3.96. The maximum atomic E-state index is 13.3. The number of thiazole rings is 1. The van der Waals surface area contributed by atoms with E-state index in [1.165, 1.54) is 11.3 Å². The highest BCUT2D eigenvalue weighted by Crippen LogP contribution is 2.62. The van der Waals surface area contributed by atoms with Crippen LogP contribution < -0.4 is 15.4 Å². The van der Waals surface area contributed by atoms with Gasteiger partial charge >= 0.3 is 0 Å². The summed E-state index contributed by atoms with van der Waals surface area (Å²) in [7, 11) is 1.57. The summed E-state index contributed by atoms with van der Waals surface area (Å²) in [4.78, 5) is 32.1. The van der Waals surface area contributed by atoms with Crippen LogP contribution in [0.3, 0.4) is 0 Å². The van der Waals surface area contributed by atoms with E-state index in [-0.39, 0.29) is 42.1 Å². The first-order valence-electron chi connectivity index (χ1n) is 13.3. The lowest BCUT2D eigenvalue weighted by atomic mass is 9.47. The van der Waals surface area contributed by atoms with Crippen LogP contribution >= 0.6 is 11.3 Å². The molecule has 2 aliphatic rings. The Morgan fingerprint density at radius 3 is 2.49 bits per heavy atom. The van der Waals surface area contributed by atoms with Gasteiger partial charge in [-0.2, -0.15) is 0 Å². The zero-order valence-electron chi connectivity index (χ0n) is 22.4. The maximum Gasteiger partial charge on any atom is 0.257 e. The average molecular weight is 550 g/mol. The molecule has 206 valence electrons. The van der Waals surface area contributed by atoms with Crippen LogP contribution in [-0.2, 0) is 11.2 Å². The van der Waals surface area contributed by atoms with Gasteiger partial charge in [0.15, 0.2) is 5.13 Å². The summed E-state index contributed by atoms with van der Waals surface area (Å²) < 4.78 is 5.18. The van der Waals surface area contributed by atoms with Crippen molar-refractivity contribution in [2.45, 2.75) is 51.6 Å². The number of carbonyl (C=O) groups is 2. The Bertz CT molecular complexity index is 1340. The number of carbonyl (C=O) groups excluding carboxylic acids is 2. The zero-order valence-corrected chi connectivity index (χ0v) is 23.3. The van der Waals surface area contributed by atoms with Gasteiger partial charge in [-0.15, -0.1) is 11.3 Å². The molecule has 8 nitrogen and oxygen atoms in total. The Kier molecular flexibility index (Phi) is 7.50. The lowest BCUT2D eigenvalue weighted by Gasteiger charge is -2.58. The molecule has 0 aliphatic heterocycles. The Hall–Kier alpha value is -3.27. The molecular weight excluding hydrogens is 514 g/mol. The zero-order chi connectivity index (χ0) is 27.8. The second kappa shape index (κ2) is 10.7. The molecule has 1 aromatic heterocycles. The van der Waals surface area contributed by atoms with Crippen LogP contribution in [0.15, 0.2) is 54.6 Å². The number of aliphatic hydroxyl groups is 2. The first-order valence-corrected chi connectivity index (χ1v) is 14.1.